The Kier molecular flexibility index (Phi) is 4.32. The molecule has 0 radical (unpaired) electrons. The number of H-pyrrole nitrogens is 1. The predicted octanol–water partition coefficient (Wildman–Crippen LogP) is 1.92. The van der Waals surface area contributed by atoms with E-state index >= 15 is 0 Å². The van der Waals surface area contributed by atoms with Crippen LogP contribution in [-0.2, 0) is 6.54 Å². The van der Waals surface area contributed by atoms with Crippen LogP contribution in [0.2, 0.25) is 0 Å². The van der Waals surface area contributed by atoms with Crippen molar-refractivity contribution < 1.29 is 4.79 Å². The van der Waals surface area contributed by atoms with Gasteiger partial charge in [-0.3, -0.25) is 9.59 Å². The van der Waals surface area contributed by atoms with Crippen LogP contribution in [-0.4, -0.2) is 38.4 Å². The number of nitrogens with zero attached hydrogens (tertiary/aromatic N) is 3. The van der Waals surface area contributed by atoms with E-state index in [2.05, 4.69) is 21.5 Å². The van der Waals surface area contributed by atoms with Crippen molar-refractivity contribution in [2.75, 3.05) is 13.1 Å². The normalized spacial score (nSPS) is 18.2. The molecule has 1 N–H and O–H groups in total. The van der Waals surface area contributed by atoms with E-state index in [9.17, 15) is 9.59 Å². The number of aromatic nitrogens is 3. The number of amides is 1. The summed E-state index contributed by atoms with van der Waals surface area (Å²) in [6.45, 7) is 6.07. The SMILES string of the molecule is CCn1ccnc1[C@H]1CCCN(C(=O)c2ccc(C)[nH]c2=O)C1. The number of aromatic amines is 1. The molecule has 0 aromatic carbocycles. The molecule has 0 aliphatic carbocycles. The van der Waals surface area contributed by atoms with Gasteiger partial charge in [-0.1, -0.05) is 0 Å². The number of imidazole rings is 1. The van der Waals surface area contributed by atoms with E-state index in [1.807, 2.05) is 12.4 Å². The summed E-state index contributed by atoms with van der Waals surface area (Å²) in [6.07, 6.45) is 5.73. The minimum atomic E-state index is -0.313. The Hall–Kier alpha value is -2.37. The van der Waals surface area contributed by atoms with E-state index in [1.165, 1.54) is 0 Å². The van der Waals surface area contributed by atoms with E-state index < -0.39 is 0 Å². The molecule has 0 bridgehead atoms. The third-order valence-electron chi connectivity index (χ3n) is 4.45. The van der Waals surface area contributed by atoms with Gasteiger partial charge in [0.05, 0.1) is 0 Å². The Morgan fingerprint density at radius 2 is 2.26 bits per heavy atom. The molecule has 2 aromatic rings. The van der Waals surface area contributed by atoms with Crippen molar-refractivity contribution in [3.8, 4) is 0 Å². The molecule has 1 aliphatic heterocycles. The predicted molar refractivity (Wildman–Crippen MR) is 87.6 cm³/mol. The van der Waals surface area contributed by atoms with Gasteiger partial charge in [0.25, 0.3) is 11.5 Å². The zero-order valence-corrected chi connectivity index (χ0v) is 13.6. The first kappa shape index (κ1) is 15.5. The number of hydrogen-bond acceptors (Lipinski definition) is 3. The van der Waals surface area contributed by atoms with Crippen molar-refractivity contribution in [3.05, 3.63) is 52.0 Å². The quantitative estimate of drug-likeness (QED) is 0.941. The molecular weight excluding hydrogens is 292 g/mol. The summed E-state index contributed by atoms with van der Waals surface area (Å²) in [4.78, 5) is 33.6. The Labute approximate surface area is 135 Å². The van der Waals surface area contributed by atoms with Gasteiger partial charge >= 0.3 is 0 Å². The first-order valence-electron chi connectivity index (χ1n) is 8.10. The average Bonchev–Trinajstić information content (AvgIpc) is 3.03. The first-order valence-corrected chi connectivity index (χ1v) is 8.10. The second kappa shape index (κ2) is 6.40. The van der Waals surface area contributed by atoms with Crippen LogP contribution < -0.4 is 5.56 Å². The van der Waals surface area contributed by atoms with Gasteiger partial charge in [-0.2, -0.15) is 0 Å². The van der Waals surface area contributed by atoms with Crippen LogP contribution in [0.3, 0.4) is 0 Å². The Balaban J connectivity index is 1.81. The molecule has 23 heavy (non-hydrogen) atoms. The number of piperidine rings is 1. The van der Waals surface area contributed by atoms with Crippen LogP contribution in [0.4, 0.5) is 0 Å². The minimum Gasteiger partial charge on any atom is -0.338 e. The molecule has 6 nitrogen and oxygen atoms in total. The van der Waals surface area contributed by atoms with Crippen LogP contribution in [0, 0.1) is 6.92 Å². The lowest BCUT2D eigenvalue weighted by molar-refractivity contribution is 0.0701. The fourth-order valence-corrected chi connectivity index (χ4v) is 3.23. The fraction of sp³-hybridized carbons (Fsp3) is 0.471. The van der Waals surface area contributed by atoms with E-state index in [1.54, 1.807) is 24.0 Å². The molecule has 122 valence electrons. The number of rotatable bonds is 3. The molecule has 1 amide bonds. The summed E-state index contributed by atoms with van der Waals surface area (Å²) in [6, 6.07) is 3.38. The van der Waals surface area contributed by atoms with Crippen molar-refractivity contribution in [2.24, 2.45) is 0 Å². The van der Waals surface area contributed by atoms with Crippen molar-refractivity contribution in [3.63, 3.8) is 0 Å². The highest BCUT2D eigenvalue weighted by atomic mass is 16.2. The van der Waals surface area contributed by atoms with E-state index in [4.69, 9.17) is 0 Å². The molecule has 1 saturated heterocycles. The van der Waals surface area contributed by atoms with Crippen LogP contribution in [0.1, 0.15) is 47.6 Å². The van der Waals surface area contributed by atoms with Gasteiger partial charge in [0, 0.05) is 43.6 Å². The zero-order valence-electron chi connectivity index (χ0n) is 13.6. The summed E-state index contributed by atoms with van der Waals surface area (Å²) >= 11 is 0. The molecule has 2 aromatic heterocycles. The lowest BCUT2D eigenvalue weighted by Gasteiger charge is -2.32. The number of nitrogens with one attached hydrogen (secondary N) is 1. The highest BCUT2D eigenvalue weighted by Gasteiger charge is 2.28. The highest BCUT2D eigenvalue weighted by Crippen LogP contribution is 2.26. The number of carbonyl (C=O) groups excluding carboxylic acids is 1. The van der Waals surface area contributed by atoms with E-state index in [0.29, 0.717) is 13.1 Å². The number of pyridine rings is 1. The standard InChI is InChI=1S/C17H22N4O2/c1-3-20-10-8-18-15(20)13-5-4-9-21(11-13)17(23)14-7-6-12(2)19-16(14)22/h6-8,10,13H,3-5,9,11H2,1-2H3,(H,19,22)/t13-/m0/s1. The monoisotopic (exact) mass is 314 g/mol. The van der Waals surface area contributed by atoms with Crippen LogP contribution in [0.25, 0.3) is 0 Å². The van der Waals surface area contributed by atoms with Gasteiger partial charge in [0.15, 0.2) is 0 Å². The summed E-state index contributed by atoms with van der Waals surface area (Å²) in [5, 5.41) is 0. The maximum Gasteiger partial charge on any atom is 0.260 e. The Morgan fingerprint density at radius 1 is 1.43 bits per heavy atom. The topological polar surface area (TPSA) is 71.0 Å². The largest absolute Gasteiger partial charge is 0.338 e. The lowest BCUT2D eigenvalue weighted by atomic mass is 9.96. The molecule has 1 fully saturated rings. The number of hydrogen-bond donors (Lipinski definition) is 1. The number of aryl methyl sites for hydroxylation is 2. The van der Waals surface area contributed by atoms with Gasteiger partial charge < -0.3 is 14.5 Å². The fourth-order valence-electron chi connectivity index (χ4n) is 3.23. The van der Waals surface area contributed by atoms with Crippen LogP contribution in [0.5, 0.6) is 0 Å². The maximum absolute atomic E-state index is 12.7. The average molecular weight is 314 g/mol. The van der Waals surface area contributed by atoms with Gasteiger partial charge in [0.1, 0.15) is 11.4 Å². The zero-order chi connectivity index (χ0) is 16.4. The number of carbonyl (C=O) groups is 1. The Morgan fingerprint density at radius 3 is 3.00 bits per heavy atom. The molecular formula is C17H22N4O2. The third kappa shape index (κ3) is 3.06. The second-order valence-corrected chi connectivity index (χ2v) is 6.05. The molecule has 0 spiro atoms. The second-order valence-electron chi connectivity index (χ2n) is 6.05. The summed E-state index contributed by atoms with van der Waals surface area (Å²) in [7, 11) is 0. The van der Waals surface area contributed by atoms with Crippen LogP contribution in [0.15, 0.2) is 29.3 Å². The highest BCUT2D eigenvalue weighted by molar-refractivity contribution is 5.93. The first-order chi connectivity index (χ1) is 11.1. The smallest absolute Gasteiger partial charge is 0.260 e. The summed E-state index contributed by atoms with van der Waals surface area (Å²) in [5.74, 6) is 1.07. The van der Waals surface area contributed by atoms with Crippen molar-refractivity contribution in [1.82, 2.24) is 19.4 Å². The molecule has 1 atom stereocenters. The molecule has 3 heterocycles. The van der Waals surface area contributed by atoms with Gasteiger partial charge in [-0.15, -0.1) is 0 Å². The van der Waals surface area contributed by atoms with Gasteiger partial charge in [0.2, 0.25) is 0 Å². The summed E-state index contributed by atoms with van der Waals surface area (Å²) < 4.78 is 2.12. The van der Waals surface area contributed by atoms with Crippen molar-refractivity contribution >= 4 is 5.91 Å². The van der Waals surface area contributed by atoms with Crippen molar-refractivity contribution in [1.29, 1.82) is 0 Å². The Bertz CT molecular complexity index is 762. The van der Waals surface area contributed by atoms with E-state index in [-0.39, 0.29) is 22.9 Å². The molecule has 0 saturated carbocycles. The molecule has 6 heteroatoms. The third-order valence-corrected chi connectivity index (χ3v) is 4.45. The lowest BCUT2D eigenvalue weighted by Crippen LogP contribution is -2.41. The van der Waals surface area contributed by atoms with Crippen molar-refractivity contribution in [2.45, 2.75) is 39.2 Å². The van der Waals surface area contributed by atoms with Gasteiger partial charge in [-0.25, -0.2) is 4.98 Å². The maximum atomic E-state index is 12.7. The minimum absolute atomic E-state index is 0.189. The molecule has 0 unspecified atom stereocenters. The van der Waals surface area contributed by atoms with Crippen LogP contribution >= 0.6 is 0 Å². The summed E-state index contributed by atoms with van der Waals surface area (Å²) in [5.41, 5.74) is 0.662. The molecule has 3 rings (SSSR count). The number of likely N-dealkylation sites (tertiary alicyclic amines) is 1. The van der Waals surface area contributed by atoms with E-state index in [0.717, 1.165) is 30.9 Å². The van der Waals surface area contributed by atoms with Gasteiger partial charge in [-0.05, 0) is 38.8 Å². The molecule has 1 aliphatic rings.